The first-order valence-electron chi connectivity index (χ1n) is 7.62. The summed E-state index contributed by atoms with van der Waals surface area (Å²) in [5.74, 6) is 0.174. The molecular weight excluding hydrogens is 311 g/mol. The maximum Gasteiger partial charge on any atom is 0.401 e. The molecule has 1 aromatic heterocycles. The van der Waals surface area contributed by atoms with Crippen LogP contribution in [0.3, 0.4) is 0 Å². The van der Waals surface area contributed by atoms with Crippen LogP contribution in [0.15, 0.2) is 10.6 Å². The predicted octanol–water partition coefficient (Wildman–Crippen LogP) is 2.73. The molecular formula is C15H22F3N3O2. The number of aromatic nitrogens is 1. The van der Waals surface area contributed by atoms with Crippen LogP contribution in [-0.4, -0.2) is 47.8 Å². The highest BCUT2D eigenvalue weighted by Gasteiger charge is 2.33. The van der Waals surface area contributed by atoms with Gasteiger partial charge in [0, 0.05) is 24.1 Å². The van der Waals surface area contributed by atoms with Gasteiger partial charge in [-0.25, -0.2) is 0 Å². The van der Waals surface area contributed by atoms with Crippen molar-refractivity contribution in [2.45, 2.75) is 51.2 Å². The van der Waals surface area contributed by atoms with E-state index < -0.39 is 18.6 Å². The van der Waals surface area contributed by atoms with Gasteiger partial charge in [-0.2, -0.15) is 13.2 Å². The standard InChI is InChI=1S/C15H22F3N3O2/c1-14(2,3)12-7-11(20-23-12)13(22)19-10-5-4-6-21(8-10)9-15(16,17)18/h7,10H,4-6,8-9H2,1-3H3,(H,19,22). The van der Waals surface area contributed by atoms with Gasteiger partial charge in [0.15, 0.2) is 5.69 Å². The van der Waals surface area contributed by atoms with Crippen molar-refractivity contribution in [2.75, 3.05) is 19.6 Å². The molecule has 0 spiro atoms. The highest BCUT2D eigenvalue weighted by molar-refractivity contribution is 5.92. The number of piperidine rings is 1. The molecule has 1 N–H and O–H groups in total. The maximum absolute atomic E-state index is 12.5. The van der Waals surface area contributed by atoms with Gasteiger partial charge < -0.3 is 9.84 Å². The van der Waals surface area contributed by atoms with E-state index in [4.69, 9.17) is 4.52 Å². The van der Waals surface area contributed by atoms with Crippen LogP contribution in [0.4, 0.5) is 13.2 Å². The van der Waals surface area contributed by atoms with Crippen molar-refractivity contribution in [1.82, 2.24) is 15.4 Å². The highest BCUT2D eigenvalue weighted by atomic mass is 19.4. The number of nitrogens with zero attached hydrogens (tertiary/aromatic N) is 2. The maximum atomic E-state index is 12.5. The van der Waals surface area contributed by atoms with Gasteiger partial charge in [-0.1, -0.05) is 25.9 Å². The molecule has 130 valence electrons. The van der Waals surface area contributed by atoms with Gasteiger partial charge >= 0.3 is 6.18 Å². The van der Waals surface area contributed by atoms with Crippen molar-refractivity contribution in [1.29, 1.82) is 0 Å². The van der Waals surface area contributed by atoms with Crippen molar-refractivity contribution in [3.05, 3.63) is 17.5 Å². The highest BCUT2D eigenvalue weighted by Crippen LogP contribution is 2.23. The van der Waals surface area contributed by atoms with Crippen LogP contribution in [0.1, 0.15) is 49.9 Å². The van der Waals surface area contributed by atoms with Gasteiger partial charge in [-0.15, -0.1) is 0 Å². The third-order valence-electron chi connectivity index (χ3n) is 3.73. The molecule has 1 saturated heterocycles. The molecule has 1 fully saturated rings. The van der Waals surface area contributed by atoms with E-state index in [1.165, 1.54) is 4.90 Å². The minimum Gasteiger partial charge on any atom is -0.360 e. The molecule has 0 aliphatic carbocycles. The van der Waals surface area contributed by atoms with Crippen LogP contribution in [0, 0.1) is 0 Å². The quantitative estimate of drug-likeness (QED) is 0.924. The van der Waals surface area contributed by atoms with Crippen LogP contribution in [0.25, 0.3) is 0 Å². The number of likely N-dealkylation sites (tertiary alicyclic amines) is 1. The zero-order valence-corrected chi connectivity index (χ0v) is 13.5. The number of hydrogen-bond donors (Lipinski definition) is 1. The van der Waals surface area contributed by atoms with Crippen LogP contribution in [0.5, 0.6) is 0 Å². The summed E-state index contributed by atoms with van der Waals surface area (Å²) in [6.07, 6.45) is -2.95. The lowest BCUT2D eigenvalue weighted by molar-refractivity contribution is -0.148. The van der Waals surface area contributed by atoms with Crippen molar-refractivity contribution in [2.24, 2.45) is 0 Å². The Balaban J connectivity index is 1.93. The minimum absolute atomic E-state index is 0.155. The summed E-state index contributed by atoms with van der Waals surface area (Å²) in [6.45, 7) is 5.44. The molecule has 5 nitrogen and oxygen atoms in total. The van der Waals surface area contributed by atoms with E-state index in [9.17, 15) is 18.0 Å². The summed E-state index contributed by atoms with van der Waals surface area (Å²) in [4.78, 5) is 13.5. The minimum atomic E-state index is -4.22. The Morgan fingerprint density at radius 1 is 1.43 bits per heavy atom. The fourth-order valence-corrected chi connectivity index (χ4v) is 2.57. The van der Waals surface area contributed by atoms with Crippen LogP contribution in [0.2, 0.25) is 0 Å². The number of carbonyl (C=O) groups excluding carboxylic acids is 1. The van der Waals surface area contributed by atoms with Crippen molar-refractivity contribution >= 4 is 5.91 Å². The molecule has 0 aromatic carbocycles. The largest absolute Gasteiger partial charge is 0.401 e. The summed E-state index contributed by atoms with van der Waals surface area (Å²) < 4.78 is 42.5. The van der Waals surface area contributed by atoms with E-state index in [1.807, 2.05) is 20.8 Å². The summed E-state index contributed by atoms with van der Waals surface area (Å²) in [7, 11) is 0. The first kappa shape index (κ1) is 17.8. The fraction of sp³-hybridized carbons (Fsp3) is 0.733. The summed E-state index contributed by atoms with van der Waals surface area (Å²) in [5.41, 5.74) is -0.109. The van der Waals surface area contributed by atoms with Crippen LogP contribution < -0.4 is 5.32 Å². The molecule has 1 unspecified atom stereocenters. The lowest BCUT2D eigenvalue weighted by Crippen LogP contribution is -2.50. The smallest absolute Gasteiger partial charge is 0.360 e. The summed E-state index contributed by atoms with van der Waals surface area (Å²) >= 11 is 0. The zero-order valence-electron chi connectivity index (χ0n) is 13.5. The number of hydrogen-bond acceptors (Lipinski definition) is 4. The number of nitrogens with one attached hydrogen (secondary N) is 1. The fourth-order valence-electron chi connectivity index (χ4n) is 2.57. The third kappa shape index (κ3) is 5.23. The molecule has 2 heterocycles. The Labute approximate surface area is 133 Å². The Hall–Kier alpha value is -1.57. The summed E-state index contributed by atoms with van der Waals surface area (Å²) in [6, 6.07) is 1.26. The van der Waals surface area contributed by atoms with Gasteiger partial charge in [0.1, 0.15) is 5.76 Å². The Morgan fingerprint density at radius 3 is 2.70 bits per heavy atom. The topological polar surface area (TPSA) is 58.4 Å². The number of carbonyl (C=O) groups is 1. The lowest BCUT2D eigenvalue weighted by atomic mass is 9.93. The van der Waals surface area contributed by atoms with Gasteiger partial charge in [0.05, 0.1) is 6.54 Å². The predicted molar refractivity (Wildman–Crippen MR) is 78.2 cm³/mol. The van der Waals surface area contributed by atoms with E-state index in [0.717, 1.165) is 0 Å². The van der Waals surface area contributed by atoms with Crippen molar-refractivity contribution in [3.63, 3.8) is 0 Å². The third-order valence-corrected chi connectivity index (χ3v) is 3.73. The lowest BCUT2D eigenvalue weighted by Gasteiger charge is -2.33. The SMILES string of the molecule is CC(C)(C)c1cc(C(=O)NC2CCCN(CC(F)(F)F)C2)no1. The Kier molecular flexibility index (Phi) is 5.03. The molecule has 1 atom stereocenters. The van der Waals surface area contributed by atoms with E-state index >= 15 is 0 Å². The normalized spacial score (nSPS) is 20.5. The molecule has 0 radical (unpaired) electrons. The van der Waals surface area contributed by atoms with Gasteiger partial charge in [0.2, 0.25) is 0 Å². The van der Waals surface area contributed by atoms with Crippen LogP contribution >= 0.6 is 0 Å². The Bertz CT molecular complexity index is 549. The van der Waals surface area contributed by atoms with Gasteiger partial charge in [-0.3, -0.25) is 9.69 Å². The van der Waals surface area contributed by atoms with Crippen molar-refractivity contribution < 1.29 is 22.5 Å². The molecule has 8 heteroatoms. The molecule has 1 aliphatic rings. The Morgan fingerprint density at radius 2 is 2.13 bits per heavy atom. The number of halogens is 3. The number of amides is 1. The second-order valence-electron chi connectivity index (χ2n) is 6.99. The zero-order chi connectivity index (χ0) is 17.3. The average molecular weight is 333 g/mol. The van der Waals surface area contributed by atoms with Gasteiger partial charge in [0.25, 0.3) is 5.91 Å². The van der Waals surface area contributed by atoms with Gasteiger partial charge in [-0.05, 0) is 19.4 Å². The van der Waals surface area contributed by atoms with E-state index in [1.54, 1.807) is 6.07 Å². The van der Waals surface area contributed by atoms with Crippen LogP contribution in [-0.2, 0) is 5.41 Å². The number of rotatable bonds is 3. The summed E-state index contributed by atoms with van der Waals surface area (Å²) in [5, 5.41) is 6.49. The van der Waals surface area contributed by atoms with E-state index in [-0.39, 0.29) is 23.7 Å². The monoisotopic (exact) mass is 333 g/mol. The first-order valence-corrected chi connectivity index (χ1v) is 7.62. The molecule has 1 aliphatic heterocycles. The van der Waals surface area contributed by atoms with Crippen molar-refractivity contribution in [3.8, 4) is 0 Å². The molecule has 0 bridgehead atoms. The molecule has 1 amide bonds. The molecule has 1 aromatic rings. The second-order valence-corrected chi connectivity index (χ2v) is 6.99. The molecule has 2 rings (SSSR count). The molecule has 23 heavy (non-hydrogen) atoms. The average Bonchev–Trinajstić information content (AvgIpc) is 2.86. The number of alkyl halides is 3. The first-order chi connectivity index (χ1) is 10.5. The molecule has 0 saturated carbocycles. The van der Waals surface area contributed by atoms with E-state index in [2.05, 4.69) is 10.5 Å². The van der Waals surface area contributed by atoms with E-state index in [0.29, 0.717) is 25.1 Å². The second kappa shape index (κ2) is 6.51.